The van der Waals surface area contributed by atoms with E-state index in [1.807, 2.05) is 0 Å². The quantitative estimate of drug-likeness (QED) is 0.669. The fourth-order valence-corrected chi connectivity index (χ4v) is 4.66. The zero-order valence-electron chi connectivity index (χ0n) is 11.7. The van der Waals surface area contributed by atoms with E-state index in [9.17, 15) is 21.6 Å². The zero-order valence-corrected chi connectivity index (χ0v) is 14.1. The molecule has 120 valence electrons. The van der Waals surface area contributed by atoms with Crippen molar-refractivity contribution in [3.8, 4) is 0 Å². The second-order valence-corrected chi connectivity index (χ2v) is 7.09. The molecule has 0 N–H and O–H groups in total. The van der Waals surface area contributed by atoms with Gasteiger partial charge < -0.3 is 0 Å². The van der Waals surface area contributed by atoms with Crippen LogP contribution in [0.1, 0.15) is 26.7 Å². The maximum Gasteiger partial charge on any atom is 0.249 e. The average molecular weight is 388 g/mol. The lowest BCUT2D eigenvalue weighted by Gasteiger charge is -2.29. The number of hydrogen-bond donors (Lipinski definition) is 0. The average Bonchev–Trinajstić information content (AvgIpc) is 2.37. The molecule has 0 aliphatic rings. The molecular weight excluding hydrogens is 371 g/mol. The number of nitrogens with zero attached hydrogens (tertiary/aromatic N) is 1. The smallest absolute Gasteiger partial charge is 0.207 e. The maximum absolute atomic E-state index is 13.8. The van der Waals surface area contributed by atoms with Crippen LogP contribution in [0.4, 0.5) is 13.2 Å². The van der Waals surface area contributed by atoms with Crippen LogP contribution in [-0.2, 0) is 10.0 Å². The number of rotatable bonds is 7. The molecule has 0 bridgehead atoms. The predicted molar refractivity (Wildman–Crippen MR) is 78.4 cm³/mol. The van der Waals surface area contributed by atoms with Crippen molar-refractivity contribution in [2.45, 2.75) is 37.6 Å². The Balaban J connectivity index is 3.43. The largest absolute Gasteiger partial charge is 0.249 e. The highest BCUT2D eigenvalue weighted by molar-refractivity contribution is 9.09. The fraction of sp³-hybridized carbons (Fsp3) is 0.538. The summed E-state index contributed by atoms with van der Waals surface area (Å²) >= 11 is 3.14. The zero-order chi connectivity index (χ0) is 16.2. The lowest BCUT2D eigenvalue weighted by molar-refractivity contribution is 0.314. The summed E-state index contributed by atoms with van der Waals surface area (Å²) in [5, 5.41) is 0.327. The van der Waals surface area contributed by atoms with Crippen molar-refractivity contribution in [1.82, 2.24) is 4.31 Å². The van der Waals surface area contributed by atoms with E-state index < -0.39 is 32.4 Å². The fourth-order valence-electron chi connectivity index (χ4n) is 2.17. The van der Waals surface area contributed by atoms with E-state index in [1.165, 1.54) is 0 Å². The van der Waals surface area contributed by atoms with Crippen molar-refractivity contribution >= 4 is 26.0 Å². The van der Waals surface area contributed by atoms with Crippen LogP contribution in [0.25, 0.3) is 0 Å². The van der Waals surface area contributed by atoms with Gasteiger partial charge in [0.15, 0.2) is 4.90 Å². The molecule has 0 fully saturated rings. The highest BCUT2D eigenvalue weighted by Crippen LogP contribution is 2.26. The first kappa shape index (κ1) is 18.4. The van der Waals surface area contributed by atoms with E-state index in [2.05, 4.69) is 15.9 Å². The Kier molecular flexibility index (Phi) is 6.68. The van der Waals surface area contributed by atoms with Crippen LogP contribution in [0.5, 0.6) is 0 Å². The lowest BCUT2D eigenvalue weighted by atomic mass is 10.2. The van der Waals surface area contributed by atoms with Crippen molar-refractivity contribution in [2.75, 3.05) is 11.9 Å². The third-order valence-electron chi connectivity index (χ3n) is 3.18. The second-order valence-electron chi connectivity index (χ2n) is 4.47. The number of hydrogen-bond acceptors (Lipinski definition) is 2. The van der Waals surface area contributed by atoms with Gasteiger partial charge in [-0.05, 0) is 12.8 Å². The van der Waals surface area contributed by atoms with Crippen LogP contribution in [0.3, 0.4) is 0 Å². The normalized spacial score (nSPS) is 12.4. The van der Waals surface area contributed by atoms with Gasteiger partial charge in [-0.1, -0.05) is 29.8 Å². The highest BCUT2D eigenvalue weighted by atomic mass is 79.9. The first-order chi connectivity index (χ1) is 9.79. The third-order valence-corrected chi connectivity index (χ3v) is 5.54. The van der Waals surface area contributed by atoms with E-state index in [4.69, 9.17) is 0 Å². The molecule has 0 radical (unpaired) electrons. The summed E-state index contributed by atoms with van der Waals surface area (Å²) in [5.74, 6) is -3.99. The molecule has 0 amide bonds. The molecule has 8 heteroatoms. The molecule has 0 atom stereocenters. The van der Waals surface area contributed by atoms with Crippen LogP contribution in [0.15, 0.2) is 17.0 Å². The Hall–Kier alpha value is -0.600. The molecule has 21 heavy (non-hydrogen) atoms. The van der Waals surface area contributed by atoms with Crippen LogP contribution in [0.2, 0.25) is 0 Å². The number of halogens is 4. The van der Waals surface area contributed by atoms with E-state index in [0.29, 0.717) is 30.3 Å². The Morgan fingerprint density at radius 3 is 2.00 bits per heavy atom. The molecule has 0 spiro atoms. The van der Waals surface area contributed by atoms with Gasteiger partial charge in [-0.25, -0.2) is 21.6 Å². The van der Waals surface area contributed by atoms with Crippen LogP contribution in [0, 0.1) is 17.5 Å². The topological polar surface area (TPSA) is 37.4 Å². The van der Waals surface area contributed by atoms with Crippen molar-refractivity contribution in [3.63, 3.8) is 0 Å². The van der Waals surface area contributed by atoms with Gasteiger partial charge in [-0.15, -0.1) is 0 Å². The van der Waals surface area contributed by atoms with E-state index in [1.54, 1.807) is 13.8 Å². The SMILES string of the molecule is CCC(CC)N(CCBr)S(=O)(=O)c1c(F)cc(F)cc1F. The van der Waals surface area contributed by atoms with E-state index in [0.717, 1.165) is 4.31 Å². The number of alkyl halides is 1. The monoisotopic (exact) mass is 387 g/mol. The molecule has 0 aromatic heterocycles. The minimum Gasteiger partial charge on any atom is -0.207 e. The molecule has 0 unspecified atom stereocenters. The summed E-state index contributed by atoms with van der Waals surface area (Å²) in [7, 11) is -4.38. The molecular formula is C13H17BrF3NO2S. The minimum atomic E-state index is -4.38. The molecule has 1 aromatic rings. The maximum atomic E-state index is 13.8. The highest BCUT2D eigenvalue weighted by Gasteiger charge is 2.34. The van der Waals surface area contributed by atoms with E-state index >= 15 is 0 Å². The summed E-state index contributed by atoms with van der Waals surface area (Å²) < 4.78 is 66.6. The van der Waals surface area contributed by atoms with Crippen LogP contribution < -0.4 is 0 Å². The molecule has 1 aromatic carbocycles. The van der Waals surface area contributed by atoms with Crippen LogP contribution in [-0.4, -0.2) is 30.6 Å². The van der Waals surface area contributed by atoms with E-state index in [-0.39, 0.29) is 12.6 Å². The molecule has 0 saturated carbocycles. The van der Waals surface area contributed by atoms with Gasteiger partial charge in [0.2, 0.25) is 10.0 Å². The van der Waals surface area contributed by atoms with Crippen molar-refractivity contribution in [1.29, 1.82) is 0 Å². The Morgan fingerprint density at radius 1 is 1.14 bits per heavy atom. The summed E-state index contributed by atoms with van der Waals surface area (Å²) in [4.78, 5) is -1.10. The molecule has 0 aliphatic carbocycles. The van der Waals surface area contributed by atoms with Gasteiger partial charge in [0, 0.05) is 30.0 Å². The molecule has 0 aliphatic heterocycles. The first-order valence-corrected chi connectivity index (χ1v) is 9.08. The van der Waals surface area contributed by atoms with Crippen LogP contribution >= 0.6 is 15.9 Å². The minimum absolute atomic E-state index is 0.0743. The van der Waals surface area contributed by atoms with Crippen molar-refractivity contribution < 1.29 is 21.6 Å². The predicted octanol–water partition coefficient (Wildman–Crippen LogP) is 3.68. The first-order valence-electron chi connectivity index (χ1n) is 6.51. The number of benzene rings is 1. The second kappa shape index (κ2) is 7.60. The molecule has 3 nitrogen and oxygen atoms in total. The van der Waals surface area contributed by atoms with Gasteiger partial charge in [0.25, 0.3) is 0 Å². The summed E-state index contributed by atoms with van der Waals surface area (Å²) in [6.07, 6.45) is 1.01. The van der Waals surface area contributed by atoms with Gasteiger partial charge in [0.1, 0.15) is 17.5 Å². The molecule has 0 saturated heterocycles. The summed E-state index contributed by atoms with van der Waals surface area (Å²) in [6.45, 7) is 3.66. The third kappa shape index (κ3) is 3.98. The standard InChI is InChI=1S/C13H17BrF3NO2S/c1-3-10(4-2)18(6-5-14)21(19,20)13-11(16)7-9(15)8-12(13)17/h7-8,10H,3-6H2,1-2H3. The van der Waals surface area contributed by atoms with Crippen molar-refractivity contribution in [2.24, 2.45) is 0 Å². The van der Waals surface area contributed by atoms with Gasteiger partial charge >= 0.3 is 0 Å². The summed E-state index contributed by atoms with van der Waals surface area (Å²) in [5.41, 5.74) is 0. The van der Waals surface area contributed by atoms with Gasteiger partial charge in [-0.2, -0.15) is 4.31 Å². The Labute approximate surface area is 131 Å². The molecule has 0 heterocycles. The Bertz CT molecular complexity index is 568. The van der Waals surface area contributed by atoms with Gasteiger partial charge in [0.05, 0.1) is 0 Å². The van der Waals surface area contributed by atoms with Gasteiger partial charge in [-0.3, -0.25) is 0 Å². The van der Waals surface area contributed by atoms with Crippen molar-refractivity contribution in [3.05, 3.63) is 29.6 Å². The number of sulfonamides is 1. The lowest BCUT2D eigenvalue weighted by Crippen LogP contribution is -2.41. The summed E-state index contributed by atoms with van der Waals surface area (Å²) in [6, 6.07) is 0.362. The Morgan fingerprint density at radius 2 is 1.62 bits per heavy atom. The molecule has 1 rings (SSSR count).